The third-order valence-corrected chi connectivity index (χ3v) is 3.29. The summed E-state index contributed by atoms with van der Waals surface area (Å²) in [4.78, 5) is 10.7. The average Bonchev–Trinajstić information content (AvgIpc) is 2.58. The molecule has 4 nitrogen and oxygen atoms in total. The lowest BCUT2D eigenvalue weighted by Gasteiger charge is -2.20. The van der Waals surface area contributed by atoms with Gasteiger partial charge in [0.2, 0.25) is 5.88 Å². The van der Waals surface area contributed by atoms with Crippen molar-refractivity contribution in [3.05, 3.63) is 52.9 Å². The monoisotopic (exact) mass is 275 g/mol. The number of fused-ring (bicyclic) bond motifs is 1. The second-order valence-corrected chi connectivity index (χ2v) is 5.05. The fourth-order valence-electron chi connectivity index (χ4n) is 2.20. The Bertz CT molecular complexity index is 576. The van der Waals surface area contributed by atoms with E-state index < -0.39 is 0 Å². The third kappa shape index (κ3) is 2.69. The van der Waals surface area contributed by atoms with Crippen LogP contribution < -0.4 is 4.74 Å². The maximum atomic E-state index is 5.99. The minimum absolute atomic E-state index is 0.0554. The van der Waals surface area contributed by atoms with Gasteiger partial charge in [-0.25, -0.2) is 0 Å². The molecule has 0 fully saturated rings. The molecule has 2 heterocycles. The van der Waals surface area contributed by atoms with E-state index in [1.807, 2.05) is 25.2 Å². The van der Waals surface area contributed by atoms with E-state index in [-0.39, 0.29) is 6.10 Å². The number of likely N-dealkylation sites (N-methyl/N-ethyl adjacent to an activating group) is 1. The van der Waals surface area contributed by atoms with Crippen LogP contribution in [0.5, 0.6) is 5.88 Å². The minimum atomic E-state index is -0.0554. The van der Waals surface area contributed by atoms with Gasteiger partial charge in [0.05, 0.1) is 6.20 Å². The van der Waals surface area contributed by atoms with Crippen LogP contribution >= 0.6 is 11.6 Å². The molecule has 0 bridgehead atoms. The molecule has 1 aliphatic rings. The van der Waals surface area contributed by atoms with E-state index in [0.29, 0.717) is 17.6 Å². The van der Waals surface area contributed by atoms with E-state index in [4.69, 9.17) is 16.3 Å². The first kappa shape index (κ1) is 12.4. The van der Waals surface area contributed by atoms with Crippen LogP contribution in [0.4, 0.5) is 0 Å². The molecule has 0 saturated heterocycles. The Morgan fingerprint density at radius 2 is 2.11 bits per heavy atom. The van der Waals surface area contributed by atoms with Gasteiger partial charge in [-0.2, -0.15) is 4.98 Å². The molecule has 3 rings (SSSR count). The lowest BCUT2D eigenvalue weighted by molar-refractivity contribution is 0.160. The normalized spacial score (nSPS) is 19.4. The molecule has 0 amide bonds. The fourth-order valence-corrected chi connectivity index (χ4v) is 2.32. The van der Waals surface area contributed by atoms with Gasteiger partial charge in [0.25, 0.3) is 0 Å². The van der Waals surface area contributed by atoms with Gasteiger partial charge in [-0.3, -0.25) is 9.88 Å². The Morgan fingerprint density at radius 3 is 2.89 bits per heavy atom. The summed E-state index contributed by atoms with van der Waals surface area (Å²) in [6, 6.07) is 10.1. The number of aromatic nitrogens is 2. The highest BCUT2D eigenvalue weighted by Crippen LogP contribution is 2.28. The van der Waals surface area contributed by atoms with Gasteiger partial charge in [0, 0.05) is 13.1 Å². The molecule has 1 aromatic heterocycles. The van der Waals surface area contributed by atoms with E-state index in [0.717, 1.165) is 17.8 Å². The van der Waals surface area contributed by atoms with Crippen molar-refractivity contribution >= 4 is 11.6 Å². The van der Waals surface area contributed by atoms with Crippen molar-refractivity contribution in [3.63, 3.8) is 0 Å². The van der Waals surface area contributed by atoms with Crippen molar-refractivity contribution in [2.75, 3.05) is 13.6 Å². The van der Waals surface area contributed by atoms with Crippen LogP contribution in [0.2, 0.25) is 5.15 Å². The number of hydrogen-bond acceptors (Lipinski definition) is 4. The standard InChI is InChI=1S/C14H14ClN3O/c1-18-8-11-14(17-13(15)7-16-11)19-12(9-18)10-5-3-2-4-6-10/h2-7,12H,8-9H2,1H3/t12-/m0/s1. The predicted molar refractivity (Wildman–Crippen MR) is 73.2 cm³/mol. The number of hydrogen-bond donors (Lipinski definition) is 0. The molecule has 0 spiro atoms. The molecule has 19 heavy (non-hydrogen) atoms. The summed E-state index contributed by atoms with van der Waals surface area (Å²) in [5, 5.41) is 0.357. The van der Waals surface area contributed by atoms with Gasteiger partial charge in [-0.05, 0) is 12.6 Å². The molecule has 0 aliphatic carbocycles. The number of benzene rings is 1. The fraction of sp³-hybridized carbons (Fsp3) is 0.286. The number of rotatable bonds is 1. The molecule has 5 heteroatoms. The summed E-state index contributed by atoms with van der Waals surface area (Å²) in [5.41, 5.74) is 1.95. The summed E-state index contributed by atoms with van der Waals surface area (Å²) in [5.74, 6) is 0.533. The van der Waals surface area contributed by atoms with Gasteiger partial charge in [-0.1, -0.05) is 41.9 Å². The third-order valence-electron chi connectivity index (χ3n) is 3.10. The Labute approximate surface area is 117 Å². The van der Waals surface area contributed by atoms with E-state index in [9.17, 15) is 0 Å². The minimum Gasteiger partial charge on any atom is -0.467 e. The quantitative estimate of drug-likeness (QED) is 0.802. The molecule has 0 N–H and O–H groups in total. The van der Waals surface area contributed by atoms with Crippen molar-refractivity contribution < 1.29 is 4.74 Å². The summed E-state index contributed by atoms with van der Waals surface area (Å²) >= 11 is 5.89. The molecule has 1 aliphatic heterocycles. The highest BCUT2D eigenvalue weighted by Gasteiger charge is 2.24. The predicted octanol–water partition coefficient (Wildman–Crippen LogP) is 2.70. The summed E-state index contributed by atoms with van der Waals surface area (Å²) < 4.78 is 5.99. The summed E-state index contributed by atoms with van der Waals surface area (Å²) in [7, 11) is 2.05. The lowest BCUT2D eigenvalue weighted by atomic mass is 10.1. The maximum absolute atomic E-state index is 5.99. The Hall–Kier alpha value is -1.65. The van der Waals surface area contributed by atoms with E-state index >= 15 is 0 Å². The van der Waals surface area contributed by atoms with Crippen molar-refractivity contribution in [1.29, 1.82) is 0 Å². The molecule has 0 saturated carbocycles. The van der Waals surface area contributed by atoms with E-state index in [1.165, 1.54) is 0 Å². The molecule has 98 valence electrons. The topological polar surface area (TPSA) is 38.2 Å². The first-order valence-electron chi connectivity index (χ1n) is 6.14. The number of nitrogens with zero attached hydrogens (tertiary/aromatic N) is 3. The lowest BCUT2D eigenvalue weighted by Crippen LogP contribution is -2.24. The van der Waals surface area contributed by atoms with Gasteiger partial charge in [-0.15, -0.1) is 0 Å². The first-order chi connectivity index (χ1) is 9.22. The average molecular weight is 276 g/mol. The Balaban J connectivity index is 1.97. The van der Waals surface area contributed by atoms with Gasteiger partial charge in [0.1, 0.15) is 11.8 Å². The smallest absolute Gasteiger partial charge is 0.239 e. The first-order valence-corrected chi connectivity index (χ1v) is 6.52. The van der Waals surface area contributed by atoms with Crippen molar-refractivity contribution in [1.82, 2.24) is 14.9 Å². The zero-order chi connectivity index (χ0) is 13.2. The molecule has 0 radical (unpaired) electrons. The van der Waals surface area contributed by atoms with Crippen molar-refractivity contribution in [3.8, 4) is 5.88 Å². The molecule has 2 aromatic rings. The maximum Gasteiger partial charge on any atom is 0.239 e. The van der Waals surface area contributed by atoms with Crippen molar-refractivity contribution in [2.24, 2.45) is 0 Å². The van der Waals surface area contributed by atoms with Crippen LogP contribution in [0.1, 0.15) is 17.4 Å². The molecule has 0 unspecified atom stereocenters. The number of halogens is 1. The molecule has 1 aromatic carbocycles. The highest BCUT2D eigenvalue weighted by molar-refractivity contribution is 6.29. The van der Waals surface area contributed by atoms with Gasteiger partial charge >= 0.3 is 0 Å². The SMILES string of the molecule is CN1Cc2ncc(Cl)nc2O[C@H](c2ccccc2)C1. The number of ether oxygens (including phenoxy) is 1. The van der Waals surface area contributed by atoms with Gasteiger partial charge < -0.3 is 4.74 Å². The Morgan fingerprint density at radius 1 is 1.32 bits per heavy atom. The Kier molecular flexibility index (Phi) is 3.36. The molecular formula is C14H14ClN3O. The molecular weight excluding hydrogens is 262 g/mol. The van der Waals surface area contributed by atoms with Crippen molar-refractivity contribution in [2.45, 2.75) is 12.6 Å². The van der Waals surface area contributed by atoms with Crippen LogP contribution in [-0.2, 0) is 6.54 Å². The molecule has 1 atom stereocenters. The van der Waals surface area contributed by atoms with Crippen LogP contribution in [0.3, 0.4) is 0 Å². The zero-order valence-corrected chi connectivity index (χ0v) is 11.3. The second kappa shape index (κ2) is 5.15. The highest BCUT2D eigenvalue weighted by atomic mass is 35.5. The van der Waals surface area contributed by atoms with E-state index in [1.54, 1.807) is 6.20 Å². The van der Waals surface area contributed by atoms with E-state index in [2.05, 4.69) is 27.0 Å². The zero-order valence-electron chi connectivity index (χ0n) is 10.6. The van der Waals surface area contributed by atoms with Crippen LogP contribution in [0.25, 0.3) is 0 Å². The second-order valence-electron chi connectivity index (χ2n) is 4.66. The van der Waals surface area contributed by atoms with Crippen LogP contribution in [0, 0.1) is 0 Å². The largest absolute Gasteiger partial charge is 0.467 e. The summed E-state index contributed by atoms with van der Waals surface area (Å²) in [6.07, 6.45) is 1.50. The van der Waals surface area contributed by atoms with Crippen LogP contribution in [0.15, 0.2) is 36.5 Å². The van der Waals surface area contributed by atoms with Crippen LogP contribution in [-0.4, -0.2) is 28.5 Å². The van der Waals surface area contributed by atoms with Gasteiger partial charge in [0.15, 0.2) is 5.15 Å². The summed E-state index contributed by atoms with van der Waals surface area (Å²) in [6.45, 7) is 1.50.